The van der Waals surface area contributed by atoms with Crippen molar-refractivity contribution in [3.05, 3.63) is 41.0 Å². The van der Waals surface area contributed by atoms with Crippen LogP contribution in [0.25, 0.3) is 10.4 Å². The Labute approximate surface area is 258 Å². The Morgan fingerprint density at radius 3 is 2.37 bits per heavy atom. The molecule has 2 heterocycles. The standard InChI is InChI=1S/C32H46N4O6S/c1-7-42-27(39)12-10-8-9-11-26(38)35-29(32(4,5)6)31(41)36-18-24(37)17-25(36)30(40)34-20(2)22-13-15-23(16-14-22)28-21(3)33-19-43-28/h13-16,19-20,24-25,29,37H,7-12,17-18H2,1-6H3,(H,34,40)(H,35,38)/t20-,24+,25-,29+/m0/s1. The Balaban J connectivity index is 1.60. The van der Waals surface area contributed by atoms with Crippen LogP contribution in [0.5, 0.6) is 0 Å². The first-order valence-corrected chi connectivity index (χ1v) is 15.9. The molecule has 1 aliphatic rings. The van der Waals surface area contributed by atoms with Crippen LogP contribution in [-0.4, -0.2) is 70.0 Å². The van der Waals surface area contributed by atoms with Crippen LogP contribution in [0, 0.1) is 12.3 Å². The average molecular weight is 615 g/mol. The van der Waals surface area contributed by atoms with Crippen LogP contribution >= 0.6 is 11.3 Å². The minimum absolute atomic E-state index is 0.0184. The van der Waals surface area contributed by atoms with E-state index in [0.29, 0.717) is 32.3 Å². The fraction of sp³-hybridized carbons (Fsp3) is 0.594. The van der Waals surface area contributed by atoms with Gasteiger partial charge < -0.3 is 25.4 Å². The lowest BCUT2D eigenvalue weighted by Crippen LogP contribution is -2.57. The highest BCUT2D eigenvalue weighted by Gasteiger charge is 2.44. The number of esters is 1. The molecule has 3 amide bonds. The van der Waals surface area contributed by atoms with Crippen molar-refractivity contribution in [3.63, 3.8) is 0 Å². The smallest absolute Gasteiger partial charge is 0.305 e. The number of ether oxygens (including phenoxy) is 1. The highest BCUT2D eigenvalue weighted by atomic mass is 32.1. The molecule has 10 nitrogen and oxygen atoms in total. The third kappa shape index (κ3) is 9.59. The summed E-state index contributed by atoms with van der Waals surface area (Å²) in [5, 5.41) is 16.4. The first kappa shape index (κ1) is 34.2. The van der Waals surface area contributed by atoms with Crippen molar-refractivity contribution in [2.75, 3.05) is 13.2 Å². The number of amides is 3. The number of aryl methyl sites for hydroxylation is 1. The zero-order chi connectivity index (χ0) is 31.7. The van der Waals surface area contributed by atoms with E-state index in [0.717, 1.165) is 21.7 Å². The van der Waals surface area contributed by atoms with Crippen molar-refractivity contribution in [3.8, 4) is 10.4 Å². The summed E-state index contributed by atoms with van der Waals surface area (Å²) < 4.78 is 4.92. The summed E-state index contributed by atoms with van der Waals surface area (Å²) in [6, 6.07) is 5.90. The van der Waals surface area contributed by atoms with E-state index in [1.807, 2.05) is 64.4 Å². The maximum atomic E-state index is 13.8. The predicted octanol–water partition coefficient (Wildman–Crippen LogP) is 4.30. The van der Waals surface area contributed by atoms with Crippen LogP contribution < -0.4 is 10.6 Å². The number of hydrogen-bond acceptors (Lipinski definition) is 8. The largest absolute Gasteiger partial charge is 0.466 e. The first-order chi connectivity index (χ1) is 20.3. The quantitative estimate of drug-likeness (QED) is 0.226. The van der Waals surface area contributed by atoms with Crippen molar-refractivity contribution in [2.24, 2.45) is 5.41 Å². The third-order valence-corrected chi connectivity index (χ3v) is 8.63. The summed E-state index contributed by atoms with van der Waals surface area (Å²) in [5.41, 5.74) is 4.13. The normalized spacial score (nSPS) is 18.2. The van der Waals surface area contributed by atoms with Crippen molar-refractivity contribution >= 4 is 35.0 Å². The topological polar surface area (TPSA) is 138 Å². The molecule has 236 valence electrons. The zero-order valence-corrected chi connectivity index (χ0v) is 27.0. The lowest BCUT2D eigenvalue weighted by Gasteiger charge is -2.35. The number of aliphatic hydroxyl groups excluding tert-OH is 1. The second kappa shape index (κ2) is 15.4. The molecule has 43 heavy (non-hydrogen) atoms. The van der Waals surface area contributed by atoms with Gasteiger partial charge in [0.15, 0.2) is 0 Å². The number of rotatable bonds is 13. The monoisotopic (exact) mass is 614 g/mol. The van der Waals surface area contributed by atoms with E-state index in [9.17, 15) is 24.3 Å². The molecule has 1 fully saturated rings. The van der Waals surface area contributed by atoms with E-state index in [4.69, 9.17) is 4.74 Å². The van der Waals surface area contributed by atoms with Gasteiger partial charge in [-0.1, -0.05) is 51.5 Å². The molecule has 4 atom stereocenters. The number of nitrogens with zero attached hydrogens (tertiary/aromatic N) is 2. The molecule has 1 aliphatic heterocycles. The molecular formula is C32H46N4O6S. The number of aliphatic hydroxyl groups is 1. The molecule has 11 heteroatoms. The van der Waals surface area contributed by atoms with Crippen LogP contribution in [0.3, 0.4) is 0 Å². The van der Waals surface area contributed by atoms with E-state index < -0.39 is 29.5 Å². The van der Waals surface area contributed by atoms with Gasteiger partial charge in [-0.25, -0.2) is 4.98 Å². The molecule has 3 N–H and O–H groups in total. The summed E-state index contributed by atoms with van der Waals surface area (Å²) in [4.78, 5) is 58.4. The molecule has 0 unspecified atom stereocenters. The van der Waals surface area contributed by atoms with Gasteiger partial charge in [-0.05, 0) is 50.2 Å². The van der Waals surface area contributed by atoms with Crippen LogP contribution in [0.2, 0.25) is 0 Å². The number of benzene rings is 1. The molecule has 1 aromatic heterocycles. The number of thiazole rings is 1. The number of β-amino-alcohol motifs (C(OH)–C–C–N with tert-alkyl or cyclic N) is 1. The summed E-state index contributed by atoms with van der Waals surface area (Å²) in [6.45, 7) is 11.6. The van der Waals surface area contributed by atoms with Crippen molar-refractivity contribution in [2.45, 2.75) is 104 Å². The minimum Gasteiger partial charge on any atom is -0.466 e. The van der Waals surface area contributed by atoms with Crippen LogP contribution in [0.15, 0.2) is 29.8 Å². The average Bonchev–Trinajstić information content (AvgIpc) is 3.56. The van der Waals surface area contributed by atoms with Gasteiger partial charge in [-0.15, -0.1) is 11.3 Å². The van der Waals surface area contributed by atoms with Gasteiger partial charge in [0, 0.05) is 25.8 Å². The molecule has 0 radical (unpaired) electrons. The molecular weight excluding hydrogens is 568 g/mol. The van der Waals surface area contributed by atoms with E-state index in [2.05, 4.69) is 15.6 Å². The van der Waals surface area contributed by atoms with Crippen LogP contribution in [0.4, 0.5) is 0 Å². The molecule has 0 bridgehead atoms. The Hall–Kier alpha value is -3.31. The molecule has 3 rings (SSSR count). The lowest BCUT2D eigenvalue weighted by atomic mass is 9.85. The van der Waals surface area contributed by atoms with Crippen LogP contribution in [-0.2, 0) is 23.9 Å². The molecule has 1 saturated heterocycles. The van der Waals surface area contributed by atoms with Crippen molar-refractivity contribution in [1.82, 2.24) is 20.5 Å². The van der Waals surface area contributed by atoms with E-state index >= 15 is 0 Å². The van der Waals surface area contributed by atoms with Crippen molar-refractivity contribution in [1.29, 1.82) is 0 Å². The Kier molecular flexibility index (Phi) is 12.3. The maximum absolute atomic E-state index is 13.8. The maximum Gasteiger partial charge on any atom is 0.305 e. The SMILES string of the molecule is CCOC(=O)CCCCCC(=O)N[C@H](C(=O)N1C[C@H](O)C[C@H]1C(=O)N[C@@H](C)c1ccc(-c2scnc2C)cc1)C(C)(C)C. The van der Waals surface area contributed by atoms with E-state index in [-0.39, 0.29) is 43.2 Å². The molecule has 0 aliphatic carbocycles. The van der Waals surface area contributed by atoms with Gasteiger partial charge in [0.05, 0.1) is 34.8 Å². The Morgan fingerprint density at radius 2 is 1.77 bits per heavy atom. The number of unbranched alkanes of at least 4 members (excludes halogenated alkanes) is 2. The Morgan fingerprint density at radius 1 is 1.09 bits per heavy atom. The minimum atomic E-state index is -0.875. The van der Waals surface area contributed by atoms with Gasteiger partial charge in [-0.2, -0.15) is 0 Å². The number of carbonyl (C=O) groups excluding carboxylic acids is 4. The fourth-order valence-corrected chi connectivity index (χ4v) is 6.03. The summed E-state index contributed by atoms with van der Waals surface area (Å²) >= 11 is 1.58. The van der Waals surface area contributed by atoms with Gasteiger partial charge in [0.1, 0.15) is 12.1 Å². The second-order valence-corrected chi connectivity index (χ2v) is 13.1. The summed E-state index contributed by atoms with van der Waals surface area (Å²) in [6.07, 6.45) is 1.71. The predicted molar refractivity (Wildman–Crippen MR) is 166 cm³/mol. The number of likely N-dealkylation sites (tertiary alicyclic amines) is 1. The number of aromatic nitrogens is 1. The third-order valence-electron chi connectivity index (χ3n) is 7.65. The summed E-state index contributed by atoms with van der Waals surface area (Å²) in [5.74, 6) is -1.25. The fourth-order valence-electron chi connectivity index (χ4n) is 5.21. The number of carbonyl (C=O) groups is 4. The number of hydrogen-bond donors (Lipinski definition) is 3. The van der Waals surface area contributed by atoms with E-state index in [1.165, 1.54) is 4.90 Å². The first-order valence-electron chi connectivity index (χ1n) is 15.1. The number of nitrogens with one attached hydrogen (secondary N) is 2. The van der Waals surface area contributed by atoms with Crippen molar-refractivity contribution < 1.29 is 29.0 Å². The van der Waals surface area contributed by atoms with Gasteiger partial charge in [-0.3, -0.25) is 19.2 Å². The lowest BCUT2D eigenvalue weighted by molar-refractivity contribution is -0.144. The zero-order valence-electron chi connectivity index (χ0n) is 26.1. The van der Waals surface area contributed by atoms with Gasteiger partial charge >= 0.3 is 5.97 Å². The van der Waals surface area contributed by atoms with Crippen LogP contribution in [0.1, 0.15) is 90.4 Å². The molecule has 2 aromatic rings. The summed E-state index contributed by atoms with van der Waals surface area (Å²) in [7, 11) is 0. The second-order valence-electron chi connectivity index (χ2n) is 12.2. The van der Waals surface area contributed by atoms with Gasteiger partial charge in [0.25, 0.3) is 0 Å². The van der Waals surface area contributed by atoms with E-state index in [1.54, 1.807) is 18.3 Å². The van der Waals surface area contributed by atoms with Gasteiger partial charge in [0.2, 0.25) is 17.7 Å². The molecule has 0 saturated carbocycles. The highest BCUT2D eigenvalue weighted by Crippen LogP contribution is 2.29. The Bertz CT molecular complexity index is 1260. The molecule has 0 spiro atoms. The molecule has 1 aromatic carbocycles. The highest BCUT2D eigenvalue weighted by molar-refractivity contribution is 7.13.